The minimum Gasteiger partial charge on any atom is -0.486 e. The van der Waals surface area contributed by atoms with E-state index in [9.17, 15) is 15.3 Å². The highest BCUT2D eigenvalue weighted by molar-refractivity contribution is 9.10. The van der Waals surface area contributed by atoms with Gasteiger partial charge in [-0.05, 0) is 70.0 Å². The number of carbonyl (C=O) groups excluding carboxylic acids is 1. The number of nitriles is 2. The van der Waals surface area contributed by atoms with Crippen LogP contribution in [0.3, 0.4) is 0 Å². The summed E-state index contributed by atoms with van der Waals surface area (Å²) in [6.45, 7) is 0.157. The number of nitrogens with zero attached hydrogens (tertiary/aromatic N) is 2. The Morgan fingerprint density at radius 3 is 2.47 bits per heavy atom. The zero-order valence-electron chi connectivity index (χ0n) is 16.4. The fourth-order valence-corrected chi connectivity index (χ4v) is 3.87. The second-order valence-corrected chi connectivity index (χ2v) is 8.20. The summed E-state index contributed by atoms with van der Waals surface area (Å²) < 4.78 is 6.36. The van der Waals surface area contributed by atoms with Crippen molar-refractivity contribution in [2.75, 3.05) is 5.32 Å². The lowest BCUT2D eigenvalue weighted by Crippen LogP contribution is -2.13. The number of ether oxygens (including phenoxy) is 1. The van der Waals surface area contributed by atoms with Crippen molar-refractivity contribution in [3.8, 4) is 17.9 Å². The van der Waals surface area contributed by atoms with Crippen molar-refractivity contribution in [3.05, 3.63) is 97.4 Å². The van der Waals surface area contributed by atoms with E-state index in [2.05, 4.69) is 27.3 Å². The number of carbonyl (C=O) groups is 1. The van der Waals surface area contributed by atoms with Gasteiger partial charge < -0.3 is 10.1 Å². The van der Waals surface area contributed by atoms with Gasteiger partial charge in [0.15, 0.2) is 5.75 Å². The van der Waals surface area contributed by atoms with Gasteiger partial charge in [0.1, 0.15) is 18.2 Å². The molecule has 3 rings (SSSR count). The molecule has 0 aliphatic rings. The van der Waals surface area contributed by atoms with Crippen molar-refractivity contribution in [1.82, 2.24) is 0 Å². The maximum absolute atomic E-state index is 12.5. The summed E-state index contributed by atoms with van der Waals surface area (Å²) >= 11 is 15.6. The van der Waals surface area contributed by atoms with Crippen molar-refractivity contribution >= 4 is 56.8 Å². The molecule has 0 atom stereocenters. The van der Waals surface area contributed by atoms with Gasteiger partial charge in [-0.15, -0.1) is 0 Å². The summed E-state index contributed by atoms with van der Waals surface area (Å²) in [4.78, 5) is 12.5. The Hall–Kier alpha value is -3.29. The Bertz CT molecular complexity index is 1250. The van der Waals surface area contributed by atoms with Crippen LogP contribution in [0.5, 0.6) is 5.75 Å². The van der Waals surface area contributed by atoms with E-state index in [0.717, 1.165) is 5.56 Å². The topological polar surface area (TPSA) is 85.9 Å². The molecular weight excluding hydrogens is 513 g/mol. The molecule has 3 aromatic rings. The lowest BCUT2D eigenvalue weighted by atomic mass is 10.1. The fourth-order valence-electron chi connectivity index (χ4n) is 2.75. The molecule has 0 unspecified atom stereocenters. The van der Waals surface area contributed by atoms with Crippen LogP contribution in [0.25, 0.3) is 6.08 Å². The number of hydrogen-bond acceptors (Lipinski definition) is 4. The van der Waals surface area contributed by atoms with Gasteiger partial charge in [0.25, 0.3) is 5.91 Å². The normalized spacial score (nSPS) is 10.7. The first-order chi connectivity index (χ1) is 15.4. The first-order valence-electron chi connectivity index (χ1n) is 9.20. The van der Waals surface area contributed by atoms with Crippen LogP contribution in [0.4, 0.5) is 5.69 Å². The second kappa shape index (κ2) is 10.8. The molecule has 0 fully saturated rings. The smallest absolute Gasteiger partial charge is 0.266 e. The molecule has 0 aliphatic carbocycles. The summed E-state index contributed by atoms with van der Waals surface area (Å²) in [6, 6.07) is 21.0. The van der Waals surface area contributed by atoms with E-state index in [1.165, 1.54) is 6.08 Å². The molecule has 3 aromatic carbocycles. The lowest BCUT2D eigenvalue weighted by Gasteiger charge is -2.12. The maximum Gasteiger partial charge on any atom is 0.266 e. The first-order valence-corrected chi connectivity index (χ1v) is 10.7. The SMILES string of the molecule is N#C/C(=C/c1cc(Cl)c(OCc2ccccc2C#N)c(Br)c1)C(=O)Nc1ccc(Cl)cc1. The van der Waals surface area contributed by atoms with Crippen molar-refractivity contribution in [1.29, 1.82) is 10.5 Å². The van der Waals surface area contributed by atoms with Crippen LogP contribution in [-0.4, -0.2) is 5.91 Å². The average Bonchev–Trinajstić information content (AvgIpc) is 2.78. The predicted molar refractivity (Wildman–Crippen MR) is 128 cm³/mol. The molecule has 158 valence electrons. The van der Waals surface area contributed by atoms with Gasteiger partial charge in [0, 0.05) is 16.3 Å². The highest BCUT2D eigenvalue weighted by Crippen LogP contribution is 2.36. The van der Waals surface area contributed by atoms with E-state index in [1.807, 2.05) is 12.1 Å². The highest BCUT2D eigenvalue weighted by atomic mass is 79.9. The van der Waals surface area contributed by atoms with Crippen molar-refractivity contribution in [2.45, 2.75) is 6.61 Å². The standard InChI is InChI=1S/C24H14BrCl2N3O2/c25-21-10-15(9-18(13-29)24(31)30-20-7-5-19(26)6-8-20)11-22(27)23(21)32-14-17-4-2-1-3-16(17)12-28/h1-11H,14H2,(H,30,31)/b18-9-. The van der Waals surface area contributed by atoms with Crippen LogP contribution in [0, 0.1) is 22.7 Å². The molecule has 32 heavy (non-hydrogen) atoms. The monoisotopic (exact) mass is 525 g/mol. The van der Waals surface area contributed by atoms with Crippen molar-refractivity contribution < 1.29 is 9.53 Å². The molecule has 0 bridgehead atoms. The minimum atomic E-state index is -0.560. The summed E-state index contributed by atoms with van der Waals surface area (Å²) in [5, 5.41) is 22.1. The van der Waals surface area contributed by atoms with Crippen LogP contribution < -0.4 is 10.1 Å². The Morgan fingerprint density at radius 1 is 1.09 bits per heavy atom. The summed E-state index contributed by atoms with van der Waals surface area (Å²) in [7, 11) is 0. The number of rotatable bonds is 6. The number of benzene rings is 3. The van der Waals surface area contributed by atoms with Gasteiger partial charge in [0.05, 0.1) is 21.1 Å². The van der Waals surface area contributed by atoms with Gasteiger partial charge in [-0.1, -0.05) is 41.4 Å². The third-order valence-corrected chi connectivity index (χ3v) is 5.43. The fraction of sp³-hybridized carbons (Fsp3) is 0.0417. The molecule has 0 heterocycles. The van der Waals surface area contributed by atoms with Gasteiger partial charge in [0.2, 0.25) is 0 Å². The van der Waals surface area contributed by atoms with E-state index < -0.39 is 5.91 Å². The van der Waals surface area contributed by atoms with Crippen molar-refractivity contribution in [2.24, 2.45) is 0 Å². The summed E-state index contributed by atoms with van der Waals surface area (Å²) in [5.41, 5.74) is 2.20. The molecule has 1 amide bonds. The third-order valence-electron chi connectivity index (χ3n) is 4.31. The maximum atomic E-state index is 12.5. The molecule has 0 radical (unpaired) electrons. The molecule has 0 saturated carbocycles. The molecule has 0 saturated heterocycles. The quantitative estimate of drug-likeness (QED) is 0.284. The van der Waals surface area contributed by atoms with Crippen LogP contribution in [0.1, 0.15) is 16.7 Å². The molecule has 0 aromatic heterocycles. The van der Waals surface area contributed by atoms with Gasteiger partial charge >= 0.3 is 0 Å². The number of nitrogens with one attached hydrogen (secondary N) is 1. The van der Waals surface area contributed by atoms with Crippen molar-refractivity contribution in [3.63, 3.8) is 0 Å². The number of hydrogen-bond donors (Lipinski definition) is 1. The molecular formula is C24H14BrCl2N3O2. The zero-order chi connectivity index (χ0) is 23.1. The Balaban J connectivity index is 1.78. The minimum absolute atomic E-state index is 0.0977. The van der Waals surface area contributed by atoms with E-state index in [0.29, 0.717) is 32.1 Å². The largest absolute Gasteiger partial charge is 0.486 e. The zero-order valence-corrected chi connectivity index (χ0v) is 19.5. The van der Waals surface area contributed by atoms with E-state index in [1.54, 1.807) is 54.6 Å². The average molecular weight is 527 g/mol. The first kappa shape index (κ1) is 23.4. The van der Waals surface area contributed by atoms with Gasteiger partial charge in [-0.2, -0.15) is 10.5 Å². The molecule has 1 N–H and O–H groups in total. The molecule has 8 heteroatoms. The van der Waals surface area contributed by atoms with Crippen LogP contribution >= 0.6 is 39.1 Å². The summed E-state index contributed by atoms with van der Waals surface area (Å²) in [5.74, 6) is -0.170. The van der Waals surface area contributed by atoms with E-state index >= 15 is 0 Å². The second-order valence-electron chi connectivity index (χ2n) is 6.50. The number of halogens is 3. The molecule has 0 spiro atoms. The van der Waals surface area contributed by atoms with Gasteiger partial charge in [-0.25, -0.2) is 0 Å². The predicted octanol–water partition coefficient (Wildman–Crippen LogP) is 6.75. The Kier molecular flexibility index (Phi) is 7.92. The molecule has 0 aliphatic heterocycles. The lowest BCUT2D eigenvalue weighted by molar-refractivity contribution is -0.112. The van der Waals surface area contributed by atoms with Gasteiger partial charge in [-0.3, -0.25) is 4.79 Å². The van der Waals surface area contributed by atoms with E-state index in [4.69, 9.17) is 27.9 Å². The number of amides is 1. The third kappa shape index (κ3) is 5.90. The van der Waals surface area contributed by atoms with Crippen LogP contribution in [0.15, 0.2) is 70.7 Å². The highest BCUT2D eigenvalue weighted by Gasteiger charge is 2.13. The molecule has 5 nitrogen and oxygen atoms in total. The Labute approximate surface area is 203 Å². The van der Waals surface area contributed by atoms with Crippen LogP contribution in [0.2, 0.25) is 10.0 Å². The van der Waals surface area contributed by atoms with Crippen LogP contribution in [-0.2, 0) is 11.4 Å². The number of anilines is 1. The Morgan fingerprint density at radius 2 is 1.81 bits per heavy atom. The van der Waals surface area contributed by atoms with E-state index in [-0.39, 0.29) is 17.2 Å². The summed E-state index contributed by atoms with van der Waals surface area (Å²) in [6.07, 6.45) is 1.43.